The van der Waals surface area contributed by atoms with E-state index in [0.29, 0.717) is 32.5 Å². The van der Waals surface area contributed by atoms with Crippen molar-refractivity contribution in [3.05, 3.63) is 24.3 Å². The highest BCUT2D eigenvalue weighted by molar-refractivity contribution is 6.13. The standard InChI is InChI=1S/C41H75NO2.C39H71NO2.C14H18N2O4/c1-4-7-10-13-15-18-23-28-37-32-31-36(27-22-12-9-6-3)38(29-24-19-14-11-8-5-2)39(37)30-25-20-16-17-21-26-35-42-40(43)33-34-41(42)44;1-4-7-10-13-18-23-28-37-34(25-20-12-9-6-3)29-30-35(36(37)27-22-16-11-8-5-2)26-21-17-14-15-19-24-33-40-38(41)31-32-39(40)42;1-3-4-16-13(19)9-5-7-8(6-10(9)14(16)20)12(18)15(2)11(7)17/h33-34,36-39H,4-32,35H2,1-3H3;31-32,34-37H,4-30,33H2,1-3H3;7-10H,3-6H2,1-2H3. The van der Waals surface area contributed by atoms with Gasteiger partial charge in [-0.2, -0.15) is 0 Å². The molecule has 0 aromatic heterocycles. The van der Waals surface area contributed by atoms with Gasteiger partial charge in [-0.3, -0.25) is 58.0 Å². The molecule has 5 fully saturated rings. The first-order valence-corrected chi connectivity index (χ1v) is 46.4. The van der Waals surface area contributed by atoms with Crippen LogP contribution in [-0.4, -0.2) is 93.5 Å². The smallest absolute Gasteiger partial charge is 0.253 e. The summed E-state index contributed by atoms with van der Waals surface area (Å²) in [5, 5.41) is 0. The Labute approximate surface area is 651 Å². The summed E-state index contributed by atoms with van der Waals surface area (Å²) in [6.45, 7) is 17.5. The third-order valence-corrected chi connectivity index (χ3v) is 26.9. The van der Waals surface area contributed by atoms with Crippen molar-refractivity contribution in [2.24, 2.45) is 71.0 Å². The molecule has 3 aliphatic carbocycles. The maximum absolute atomic E-state index is 12.3. The van der Waals surface area contributed by atoms with Crippen molar-refractivity contribution < 1.29 is 38.4 Å². The lowest BCUT2D eigenvalue weighted by atomic mass is 9.61. The van der Waals surface area contributed by atoms with E-state index in [1.54, 1.807) is 0 Å². The number of likely N-dealkylation sites (tertiary alicyclic amines) is 2. The molecule has 4 heterocycles. The molecule has 0 aromatic carbocycles. The minimum atomic E-state index is -0.410. The Hall–Kier alpha value is -3.96. The average molecular weight is 1480 g/mol. The summed E-state index contributed by atoms with van der Waals surface area (Å²) >= 11 is 0. The van der Waals surface area contributed by atoms with Crippen LogP contribution in [0.1, 0.15) is 427 Å². The number of unbranched alkanes of at least 4 members (excludes halogenated alkanes) is 36. The van der Waals surface area contributed by atoms with Crippen LogP contribution in [0, 0.1) is 71.0 Å². The van der Waals surface area contributed by atoms with E-state index >= 15 is 0 Å². The Morgan fingerprint density at radius 1 is 0.236 bits per heavy atom. The van der Waals surface area contributed by atoms with E-state index < -0.39 is 23.7 Å². The maximum Gasteiger partial charge on any atom is 0.253 e. The number of carbonyl (C=O) groups excluding carboxylic acids is 8. The van der Waals surface area contributed by atoms with Gasteiger partial charge < -0.3 is 0 Å². The molecule has 12 atom stereocenters. The highest BCUT2D eigenvalue weighted by Crippen LogP contribution is 2.51. The van der Waals surface area contributed by atoms with Crippen LogP contribution >= 0.6 is 0 Å². The van der Waals surface area contributed by atoms with Crippen molar-refractivity contribution in [3.63, 3.8) is 0 Å². The third-order valence-electron chi connectivity index (χ3n) is 26.9. The molecule has 0 aromatic rings. The second-order valence-corrected chi connectivity index (χ2v) is 34.9. The van der Waals surface area contributed by atoms with Crippen molar-refractivity contribution >= 4 is 47.3 Å². The predicted molar refractivity (Wildman–Crippen MR) is 440 cm³/mol. The normalized spacial score (nSPS) is 25.0. The molecule has 7 aliphatic rings. The maximum atomic E-state index is 12.3. The van der Waals surface area contributed by atoms with Crippen LogP contribution in [0.5, 0.6) is 0 Å². The summed E-state index contributed by atoms with van der Waals surface area (Å²) in [6, 6.07) is 0. The molecule has 0 spiro atoms. The largest absolute Gasteiger partial charge is 0.285 e. The molecular formula is C94H164N4O8. The van der Waals surface area contributed by atoms with Gasteiger partial charge in [-0.25, -0.2) is 0 Å². The highest BCUT2D eigenvalue weighted by atomic mass is 16.2. The number of hydrogen-bond acceptors (Lipinski definition) is 8. The van der Waals surface area contributed by atoms with Crippen molar-refractivity contribution in [2.45, 2.75) is 427 Å². The molecule has 12 nitrogen and oxygen atoms in total. The summed E-state index contributed by atoms with van der Waals surface area (Å²) in [5.41, 5.74) is 0. The summed E-state index contributed by atoms with van der Waals surface area (Å²) in [6.07, 6.45) is 85.4. The summed E-state index contributed by atoms with van der Waals surface area (Å²) in [4.78, 5) is 101. The molecule has 7 rings (SSSR count). The molecule has 3 saturated carbocycles. The molecule has 0 bridgehead atoms. The number of nitrogens with zero attached hydrogens (tertiary/aromatic N) is 4. The lowest BCUT2D eigenvalue weighted by molar-refractivity contribution is -0.141. The molecule has 12 unspecified atom stereocenters. The van der Waals surface area contributed by atoms with E-state index in [0.717, 1.165) is 84.3 Å². The molecule has 106 heavy (non-hydrogen) atoms. The molecular weight excluding hydrogens is 1310 g/mol. The van der Waals surface area contributed by atoms with E-state index in [9.17, 15) is 38.4 Å². The Morgan fingerprint density at radius 3 is 0.689 bits per heavy atom. The van der Waals surface area contributed by atoms with Gasteiger partial charge >= 0.3 is 0 Å². The zero-order valence-electron chi connectivity index (χ0n) is 70.1. The predicted octanol–water partition coefficient (Wildman–Crippen LogP) is 24.8. The van der Waals surface area contributed by atoms with Crippen LogP contribution < -0.4 is 0 Å². The molecule has 608 valence electrons. The van der Waals surface area contributed by atoms with Crippen molar-refractivity contribution in [1.29, 1.82) is 0 Å². The van der Waals surface area contributed by atoms with Crippen molar-refractivity contribution in [1.82, 2.24) is 19.6 Å². The second-order valence-electron chi connectivity index (χ2n) is 34.9. The van der Waals surface area contributed by atoms with Gasteiger partial charge in [-0.15, -0.1) is 0 Å². The van der Waals surface area contributed by atoms with Gasteiger partial charge in [0.15, 0.2) is 0 Å². The number of fused-ring (bicyclic) bond motifs is 2. The number of carbonyl (C=O) groups is 8. The average Bonchev–Trinajstić information content (AvgIpc) is 1.59. The molecule has 2 saturated heterocycles. The summed E-state index contributed by atoms with van der Waals surface area (Å²) < 4.78 is 0. The van der Waals surface area contributed by atoms with Gasteiger partial charge in [0, 0.05) is 51.0 Å². The van der Waals surface area contributed by atoms with E-state index in [1.807, 2.05) is 6.92 Å². The zero-order valence-corrected chi connectivity index (χ0v) is 70.1. The Kier molecular flexibility index (Phi) is 49.2. The first kappa shape index (κ1) is 92.6. The minimum absolute atomic E-state index is 0.132. The van der Waals surface area contributed by atoms with Crippen LogP contribution in [0.2, 0.25) is 0 Å². The van der Waals surface area contributed by atoms with Crippen molar-refractivity contribution in [2.75, 3.05) is 26.7 Å². The van der Waals surface area contributed by atoms with Gasteiger partial charge in [0.05, 0.1) is 23.7 Å². The van der Waals surface area contributed by atoms with E-state index in [-0.39, 0.29) is 47.3 Å². The lowest BCUT2D eigenvalue weighted by Gasteiger charge is -2.44. The third kappa shape index (κ3) is 32.8. The van der Waals surface area contributed by atoms with Crippen LogP contribution in [0.4, 0.5) is 0 Å². The molecule has 8 amide bonds. The second kappa shape index (κ2) is 56.3. The SMILES string of the molecule is CCCCCCCCC1C(CCCCCC)CCC(CCCCCCCCN2C(=O)C=CC2=O)C1CCCCCCC.CCCCCCCCCC1CCC(CCCCCC)C(CCCCCCCC)C1CCCCCCCCN1C(=O)C=CC1=O.CCCN1C(=O)C2CC3C(=O)N(C)C(=O)C3CC2C1=O. The van der Waals surface area contributed by atoms with Crippen LogP contribution in [0.15, 0.2) is 24.3 Å². The minimum Gasteiger partial charge on any atom is -0.285 e. The summed E-state index contributed by atoms with van der Waals surface area (Å²) in [5.74, 6) is 4.98. The molecule has 4 aliphatic heterocycles. The molecule has 0 N–H and O–H groups in total. The van der Waals surface area contributed by atoms with Gasteiger partial charge in [0.25, 0.3) is 23.6 Å². The first-order valence-electron chi connectivity index (χ1n) is 46.4. The Balaban J connectivity index is 0.000000303. The number of rotatable bonds is 58. The highest BCUT2D eigenvalue weighted by Gasteiger charge is 2.59. The quantitative estimate of drug-likeness (QED) is 0.0431. The van der Waals surface area contributed by atoms with Gasteiger partial charge in [0.2, 0.25) is 23.6 Å². The van der Waals surface area contributed by atoms with Crippen molar-refractivity contribution in [3.8, 4) is 0 Å². The fraction of sp³-hybridized carbons (Fsp3) is 0.872. The van der Waals surface area contributed by atoms with Gasteiger partial charge in [0.1, 0.15) is 0 Å². The van der Waals surface area contributed by atoms with Gasteiger partial charge in [-0.1, -0.05) is 344 Å². The van der Waals surface area contributed by atoms with Gasteiger partial charge in [-0.05, 0) is 131 Å². The first-order chi connectivity index (χ1) is 51.7. The molecule has 0 radical (unpaired) electrons. The van der Waals surface area contributed by atoms with E-state index in [1.165, 1.54) is 380 Å². The van der Waals surface area contributed by atoms with Crippen LogP contribution in [-0.2, 0) is 38.4 Å². The zero-order chi connectivity index (χ0) is 76.5. The fourth-order valence-corrected chi connectivity index (χ4v) is 20.6. The number of amides is 8. The lowest BCUT2D eigenvalue weighted by Crippen LogP contribution is -2.35. The summed E-state index contributed by atoms with van der Waals surface area (Å²) in [7, 11) is 1.48. The topological polar surface area (TPSA) is 150 Å². The monoisotopic (exact) mass is 1480 g/mol. The number of imide groups is 4. The Bertz CT molecular complexity index is 2430. The fourth-order valence-electron chi connectivity index (χ4n) is 20.6. The van der Waals surface area contributed by atoms with Crippen LogP contribution in [0.25, 0.3) is 0 Å². The van der Waals surface area contributed by atoms with Crippen LogP contribution in [0.3, 0.4) is 0 Å². The molecule has 12 heteroatoms. The van der Waals surface area contributed by atoms with E-state index in [2.05, 4.69) is 41.5 Å². The Morgan fingerprint density at radius 2 is 0.443 bits per heavy atom. The number of hydrogen-bond donors (Lipinski definition) is 0. The van der Waals surface area contributed by atoms with E-state index in [4.69, 9.17) is 0 Å².